The highest BCUT2D eigenvalue weighted by Gasteiger charge is 2.29. The Balaban J connectivity index is 1.46. The standard InChI is InChI=1S/C28H34N6O3/c1-4-25(27-30-31-32-34(27)16-20-10-12-23(36-3)13-11-20)33(18-24-9-6-14-37-24)17-22-15-21-8-5-7-19(2)26(21)29-28(22)35/h5,7-8,10-13,15,24-25H,4,6,9,14,16-18H2,1-3H3,(H,29,35). The lowest BCUT2D eigenvalue weighted by atomic mass is 10.1. The van der Waals surface area contributed by atoms with Crippen molar-refractivity contribution in [2.45, 2.75) is 58.3 Å². The van der Waals surface area contributed by atoms with Crippen molar-refractivity contribution < 1.29 is 9.47 Å². The first-order chi connectivity index (χ1) is 18.1. The quantitative estimate of drug-likeness (QED) is 0.350. The Labute approximate surface area is 216 Å². The highest BCUT2D eigenvalue weighted by Crippen LogP contribution is 2.27. The van der Waals surface area contributed by atoms with Crippen molar-refractivity contribution in [1.29, 1.82) is 0 Å². The van der Waals surface area contributed by atoms with E-state index in [4.69, 9.17) is 9.47 Å². The Morgan fingerprint density at radius 3 is 2.81 bits per heavy atom. The lowest BCUT2D eigenvalue weighted by molar-refractivity contribution is 0.0489. The van der Waals surface area contributed by atoms with Gasteiger partial charge in [0.1, 0.15) is 5.75 Å². The third-order valence-electron chi connectivity index (χ3n) is 7.18. The van der Waals surface area contributed by atoms with Crippen molar-refractivity contribution in [3.05, 3.63) is 81.4 Å². The first-order valence-electron chi connectivity index (χ1n) is 12.9. The van der Waals surface area contributed by atoms with Crippen LogP contribution in [-0.2, 0) is 17.8 Å². The van der Waals surface area contributed by atoms with E-state index in [0.717, 1.165) is 65.0 Å². The van der Waals surface area contributed by atoms with Gasteiger partial charge in [0.15, 0.2) is 5.82 Å². The summed E-state index contributed by atoms with van der Waals surface area (Å²) in [5.41, 5.74) is 3.69. The van der Waals surface area contributed by atoms with Crippen LogP contribution in [0.1, 0.15) is 54.7 Å². The molecule has 2 atom stereocenters. The molecule has 0 aliphatic carbocycles. The van der Waals surface area contributed by atoms with Gasteiger partial charge in [0.2, 0.25) is 0 Å². The molecule has 0 spiro atoms. The summed E-state index contributed by atoms with van der Waals surface area (Å²) in [7, 11) is 1.66. The zero-order chi connectivity index (χ0) is 25.8. The molecule has 0 radical (unpaired) electrons. The maximum atomic E-state index is 13.1. The number of hydrogen-bond donors (Lipinski definition) is 1. The fourth-order valence-electron chi connectivity index (χ4n) is 5.19. The number of fused-ring (bicyclic) bond motifs is 1. The molecule has 1 fully saturated rings. The van der Waals surface area contributed by atoms with Crippen LogP contribution in [0.5, 0.6) is 5.75 Å². The second-order valence-electron chi connectivity index (χ2n) is 9.69. The van der Waals surface area contributed by atoms with E-state index in [2.05, 4.69) is 32.3 Å². The molecule has 0 saturated carbocycles. The van der Waals surface area contributed by atoms with Gasteiger partial charge < -0.3 is 14.5 Å². The van der Waals surface area contributed by atoms with Crippen LogP contribution >= 0.6 is 0 Å². The largest absolute Gasteiger partial charge is 0.497 e. The second-order valence-corrected chi connectivity index (χ2v) is 9.69. The lowest BCUT2D eigenvalue weighted by Crippen LogP contribution is -2.37. The van der Waals surface area contributed by atoms with Gasteiger partial charge in [-0.15, -0.1) is 5.10 Å². The third-order valence-corrected chi connectivity index (χ3v) is 7.18. The Kier molecular flexibility index (Phi) is 7.62. The molecule has 9 nitrogen and oxygen atoms in total. The van der Waals surface area contributed by atoms with Crippen LogP contribution in [0.4, 0.5) is 0 Å². The molecule has 1 N–H and O–H groups in total. The van der Waals surface area contributed by atoms with Crippen LogP contribution in [0.2, 0.25) is 0 Å². The van der Waals surface area contributed by atoms with Crippen LogP contribution < -0.4 is 10.3 Å². The fraction of sp³-hybridized carbons (Fsp3) is 0.429. The zero-order valence-electron chi connectivity index (χ0n) is 21.7. The van der Waals surface area contributed by atoms with Crippen LogP contribution in [0.25, 0.3) is 10.9 Å². The van der Waals surface area contributed by atoms with Crippen molar-refractivity contribution in [2.75, 3.05) is 20.3 Å². The highest BCUT2D eigenvalue weighted by molar-refractivity contribution is 5.81. The first-order valence-corrected chi connectivity index (χ1v) is 12.9. The topological polar surface area (TPSA) is 98.2 Å². The minimum atomic E-state index is -0.0787. The average molecular weight is 503 g/mol. The lowest BCUT2D eigenvalue weighted by Gasteiger charge is -2.32. The molecule has 1 aliphatic heterocycles. The molecule has 2 aromatic carbocycles. The number of benzene rings is 2. The van der Waals surface area contributed by atoms with E-state index < -0.39 is 0 Å². The van der Waals surface area contributed by atoms with Gasteiger partial charge in [-0.2, -0.15) is 0 Å². The molecule has 194 valence electrons. The molecule has 1 saturated heterocycles. The molecular weight excluding hydrogens is 468 g/mol. The first kappa shape index (κ1) is 25.1. The number of H-pyrrole nitrogens is 1. The number of aromatic nitrogens is 5. The molecule has 37 heavy (non-hydrogen) atoms. The van der Waals surface area contributed by atoms with Crippen molar-refractivity contribution in [1.82, 2.24) is 30.1 Å². The van der Waals surface area contributed by atoms with Crippen molar-refractivity contribution in [3.63, 3.8) is 0 Å². The number of hydrogen-bond acceptors (Lipinski definition) is 7. The van der Waals surface area contributed by atoms with E-state index in [1.807, 2.05) is 60.1 Å². The molecule has 4 aromatic rings. The number of nitrogens with zero attached hydrogens (tertiary/aromatic N) is 5. The maximum absolute atomic E-state index is 13.1. The van der Waals surface area contributed by atoms with Gasteiger partial charge in [-0.1, -0.05) is 37.3 Å². The van der Waals surface area contributed by atoms with E-state index in [1.54, 1.807) is 7.11 Å². The number of nitrogens with one attached hydrogen (secondary N) is 1. The molecule has 9 heteroatoms. The second kappa shape index (κ2) is 11.2. The third kappa shape index (κ3) is 5.57. The van der Waals surface area contributed by atoms with Gasteiger partial charge in [-0.3, -0.25) is 9.69 Å². The summed E-state index contributed by atoms with van der Waals surface area (Å²) in [4.78, 5) is 18.6. The minimum Gasteiger partial charge on any atom is -0.497 e. The van der Waals surface area contributed by atoms with E-state index in [1.165, 1.54) is 0 Å². The number of aryl methyl sites for hydroxylation is 1. The highest BCUT2D eigenvalue weighted by atomic mass is 16.5. The summed E-state index contributed by atoms with van der Waals surface area (Å²) in [6.45, 7) is 6.66. The Bertz CT molecular complexity index is 1390. The predicted molar refractivity (Wildman–Crippen MR) is 142 cm³/mol. The van der Waals surface area contributed by atoms with Crippen LogP contribution in [0.15, 0.2) is 53.3 Å². The number of tetrazole rings is 1. The van der Waals surface area contributed by atoms with Gasteiger partial charge in [0.25, 0.3) is 5.56 Å². The van der Waals surface area contributed by atoms with Gasteiger partial charge in [0, 0.05) is 25.3 Å². The Hall–Kier alpha value is -3.56. The van der Waals surface area contributed by atoms with Crippen molar-refractivity contribution in [3.8, 4) is 5.75 Å². The minimum absolute atomic E-state index is 0.0631. The molecule has 0 bridgehead atoms. The van der Waals surface area contributed by atoms with E-state index >= 15 is 0 Å². The molecule has 3 heterocycles. The van der Waals surface area contributed by atoms with E-state index in [9.17, 15) is 4.79 Å². The summed E-state index contributed by atoms with van der Waals surface area (Å²) in [6, 6.07) is 15.9. The fourth-order valence-corrected chi connectivity index (χ4v) is 5.19. The molecule has 0 amide bonds. The van der Waals surface area contributed by atoms with Crippen LogP contribution in [0.3, 0.4) is 0 Å². The number of pyridine rings is 1. The predicted octanol–water partition coefficient (Wildman–Crippen LogP) is 4.01. The van der Waals surface area contributed by atoms with E-state index in [0.29, 0.717) is 19.6 Å². The summed E-state index contributed by atoms with van der Waals surface area (Å²) in [5.74, 6) is 1.59. The Morgan fingerprint density at radius 2 is 2.08 bits per heavy atom. The molecule has 2 aromatic heterocycles. The molecule has 1 aliphatic rings. The molecule has 2 unspecified atom stereocenters. The number of rotatable bonds is 10. The number of ether oxygens (including phenoxy) is 2. The van der Waals surface area contributed by atoms with Crippen LogP contribution in [-0.4, -0.2) is 56.5 Å². The van der Waals surface area contributed by atoms with Gasteiger partial charge in [0.05, 0.1) is 31.3 Å². The SMILES string of the molecule is CCC(c1nnnn1Cc1ccc(OC)cc1)N(Cc1cc2cccc(C)c2[nH]c1=O)CC1CCCO1. The average Bonchev–Trinajstić information content (AvgIpc) is 3.59. The Morgan fingerprint density at radius 1 is 1.24 bits per heavy atom. The normalized spacial score (nSPS) is 16.5. The monoisotopic (exact) mass is 502 g/mol. The van der Waals surface area contributed by atoms with Crippen molar-refractivity contribution in [2.24, 2.45) is 0 Å². The zero-order valence-corrected chi connectivity index (χ0v) is 21.7. The maximum Gasteiger partial charge on any atom is 0.252 e. The van der Waals surface area contributed by atoms with E-state index in [-0.39, 0.29) is 17.7 Å². The number of para-hydroxylation sites is 1. The number of aromatic amines is 1. The number of methoxy groups -OCH3 is 1. The molecule has 5 rings (SSSR count). The summed E-state index contributed by atoms with van der Waals surface area (Å²) in [6.07, 6.45) is 2.99. The summed E-state index contributed by atoms with van der Waals surface area (Å²) >= 11 is 0. The smallest absolute Gasteiger partial charge is 0.252 e. The van der Waals surface area contributed by atoms with Gasteiger partial charge >= 0.3 is 0 Å². The van der Waals surface area contributed by atoms with Gasteiger partial charge in [-0.25, -0.2) is 4.68 Å². The van der Waals surface area contributed by atoms with Crippen molar-refractivity contribution >= 4 is 10.9 Å². The summed E-state index contributed by atoms with van der Waals surface area (Å²) in [5, 5.41) is 13.8. The van der Waals surface area contributed by atoms with Crippen LogP contribution in [0, 0.1) is 6.92 Å². The molecular formula is C28H34N6O3. The summed E-state index contributed by atoms with van der Waals surface area (Å²) < 4.78 is 13.1. The van der Waals surface area contributed by atoms with Gasteiger partial charge in [-0.05, 0) is 71.3 Å².